The van der Waals surface area contributed by atoms with Gasteiger partial charge in [0.1, 0.15) is 5.76 Å². The molecule has 0 fully saturated rings. The van der Waals surface area contributed by atoms with Crippen molar-refractivity contribution in [3.05, 3.63) is 71.8 Å². The fraction of sp³-hybridized carbons (Fsp3) is 0.200. The summed E-state index contributed by atoms with van der Waals surface area (Å²) in [7, 11) is 0. The molecule has 1 amide bonds. The third kappa shape index (κ3) is 4.47. The molecule has 2 aromatic rings. The van der Waals surface area contributed by atoms with Crippen molar-refractivity contribution >= 4 is 23.3 Å². The molecule has 0 aromatic heterocycles. The van der Waals surface area contributed by atoms with Crippen LogP contribution in [0.4, 0.5) is 10.5 Å². The SMILES string of the molecule is CC(C)(C)N(C(=O)O)c1ccc(C(=O)C=C(O)c2ccccc2)cc1. The Labute approximate surface area is 146 Å². The number of benzene rings is 2. The molecule has 0 aliphatic carbocycles. The topological polar surface area (TPSA) is 77.8 Å². The van der Waals surface area contributed by atoms with E-state index in [0.717, 1.165) is 6.08 Å². The van der Waals surface area contributed by atoms with Crippen LogP contribution >= 0.6 is 0 Å². The van der Waals surface area contributed by atoms with Crippen LogP contribution in [0.5, 0.6) is 0 Å². The molecule has 0 unspecified atom stereocenters. The van der Waals surface area contributed by atoms with Crippen molar-refractivity contribution in [2.24, 2.45) is 0 Å². The molecule has 2 aromatic carbocycles. The van der Waals surface area contributed by atoms with Gasteiger partial charge >= 0.3 is 6.09 Å². The molecule has 5 nitrogen and oxygen atoms in total. The first-order chi connectivity index (χ1) is 11.7. The number of amides is 1. The minimum absolute atomic E-state index is 0.114. The highest BCUT2D eigenvalue weighted by Gasteiger charge is 2.27. The number of rotatable bonds is 4. The van der Waals surface area contributed by atoms with Gasteiger partial charge in [-0.2, -0.15) is 0 Å². The van der Waals surface area contributed by atoms with Gasteiger partial charge in [0.15, 0.2) is 5.78 Å². The third-order valence-electron chi connectivity index (χ3n) is 3.61. The molecule has 0 heterocycles. The molecular weight excluding hydrogens is 318 g/mol. The van der Waals surface area contributed by atoms with Crippen LogP contribution in [0.15, 0.2) is 60.7 Å². The summed E-state index contributed by atoms with van der Waals surface area (Å²) in [5, 5.41) is 19.4. The van der Waals surface area contributed by atoms with Crippen molar-refractivity contribution in [3.63, 3.8) is 0 Å². The molecule has 0 aliphatic rings. The summed E-state index contributed by atoms with van der Waals surface area (Å²) in [4.78, 5) is 25.0. The first-order valence-electron chi connectivity index (χ1n) is 7.84. The molecule has 5 heteroatoms. The number of ketones is 1. The van der Waals surface area contributed by atoms with Crippen LogP contribution in [0.2, 0.25) is 0 Å². The van der Waals surface area contributed by atoms with Crippen molar-refractivity contribution in [1.82, 2.24) is 0 Å². The average molecular weight is 339 g/mol. The number of nitrogens with zero attached hydrogens (tertiary/aromatic N) is 1. The fourth-order valence-electron chi connectivity index (χ4n) is 2.46. The number of aliphatic hydroxyl groups is 1. The third-order valence-corrected chi connectivity index (χ3v) is 3.61. The highest BCUT2D eigenvalue weighted by atomic mass is 16.4. The van der Waals surface area contributed by atoms with Crippen LogP contribution in [0.25, 0.3) is 5.76 Å². The van der Waals surface area contributed by atoms with Gasteiger partial charge in [-0.3, -0.25) is 9.69 Å². The monoisotopic (exact) mass is 339 g/mol. The van der Waals surface area contributed by atoms with Crippen molar-refractivity contribution in [1.29, 1.82) is 0 Å². The highest BCUT2D eigenvalue weighted by molar-refractivity contribution is 6.08. The van der Waals surface area contributed by atoms with Gasteiger partial charge in [-0.05, 0) is 45.0 Å². The molecule has 0 saturated heterocycles. The number of hydrogen-bond acceptors (Lipinski definition) is 3. The van der Waals surface area contributed by atoms with Crippen LogP contribution in [0, 0.1) is 0 Å². The van der Waals surface area contributed by atoms with Crippen molar-refractivity contribution in [2.75, 3.05) is 4.90 Å². The Morgan fingerprint density at radius 3 is 1.92 bits per heavy atom. The highest BCUT2D eigenvalue weighted by Crippen LogP contribution is 2.24. The van der Waals surface area contributed by atoms with Crippen LogP contribution in [0.3, 0.4) is 0 Å². The fourth-order valence-corrected chi connectivity index (χ4v) is 2.46. The number of carbonyl (C=O) groups excluding carboxylic acids is 1. The molecule has 2 rings (SSSR count). The Balaban J connectivity index is 2.25. The number of allylic oxidation sites excluding steroid dienone is 1. The van der Waals surface area contributed by atoms with Gasteiger partial charge in [-0.1, -0.05) is 30.3 Å². The Morgan fingerprint density at radius 1 is 0.880 bits per heavy atom. The second-order valence-electron chi connectivity index (χ2n) is 6.60. The molecule has 25 heavy (non-hydrogen) atoms. The second kappa shape index (κ2) is 7.21. The number of aliphatic hydroxyl groups excluding tert-OH is 1. The van der Waals surface area contributed by atoms with Gasteiger partial charge in [-0.15, -0.1) is 0 Å². The molecule has 0 atom stereocenters. The first-order valence-corrected chi connectivity index (χ1v) is 7.84. The molecular formula is C20H21NO4. The predicted octanol–water partition coefficient (Wildman–Crippen LogP) is 4.75. The number of anilines is 1. The lowest BCUT2D eigenvalue weighted by Crippen LogP contribution is -2.45. The van der Waals surface area contributed by atoms with Crippen molar-refractivity contribution < 1.29 is 19.8 Å². The van der Waals surface area contributed by atoms with Crippen LogP contribution in [-0.4, -0.2) is 27.6 Å². The maximum absolute atomic E-state index is 12.3. The van der Waals surface area contributed by atoms with E-state index in [1.54, 1.807) is 69.3 Å². The summed E-state index contributed by atoms with van der Waals surface area (Å²) in [5.74, 6) is -0.470. The smallest absolute Gasteiger partial charge is 0.412 e. The van der Waals surface area contributed by atoms with E-state index in [9.17, 15) is 19.8 Å². The molecule has 0 radical (unpaired) electrons. The molecule has 130 valence electrons. The largest absolute Gasteiger partial charge is 0.507 e. The van der Waals surface area contributed by atoms with Gasteiger partial charge in [-0.25, -0.2) is 4.79 Å². The van der Waals surface area contributed by atoms with E-state index in [4.69, 9.17) is 0 Å². The summed E-state index contributed by atoms with van der Waals surface area (Å²) in [6.07, 6.45) is 0.0940. The van der Waals surface area contributed by atoms with Crippen molar-refractivity contribution in [3.8, 4) is 0 Å². The zero-order valence-corrected chi connectivity index (χ0v) is 14.4. The maximum Gasteiger partial charge on any atom is 0.412 e. The molecule has 0 spiro atoms. The van der Waals surface area contributed by atoms with Crippen molar-refractivity contribution in [2.45, 2.75) is 26.3 Å². The van der Waals surface area contributed by atoms with Gasteiger partial charge in [0.2, 0.25) is 0 Å². The molecule has 0 bridgehead atoms. The van der Waals surface area contributed by atoms with E-state index in [-0.39, 0.29) is 11.5 Å². The van der Waals surface area contributed by atoms with E-state index in [0.29, 0.717) is 16.8 Å². The zero-order valence-electron chi connectivity index (χ0n) is 14.4. The minimum atomic E-state index is -1.06. The second-order valence-corrected chi connectivity index (χ2v) is 6.60. The molecule has 2 N–H and O–H groups in total. The summed E-state index contributed by atoms with van der Waals surface area (Å²) < 4.78 is 0. The first kappa shape index (κ1) is 18.3. The predicted molar refractivity (Wildman–Crippen MR) is 98.1 cm³/mol. The van der Waals surface area contributed by atoms with Gasteiger partial charge < -0.3 is 10.2 Å². The summed E-state index contributed by atoms with van der Waals surface area (Å²) >= 11 is 0. The van der Waals surface area contributed by atoms with Crippen LogP contribution in [0.1, 0.15) is 36.7 Å². The number of carboxylic acid groups (broad SMARTS) is 1. The lowest BCUT2D eigenvalue weighted by atomic mass is 10.0. The Hall–Kier alpha value is -3.08. The Bertz CT molecular complexity index is 787. The average Bonchev–Trinajstić information content (AvgIpc) is 2.54. The summed E-state index contributed by atoms with van der Waals surface area (Å²) in [6, 6.07) is 15.0. The lowest BCUT2D eigenvalue weighted by molar-refractivity contribution is 0.104. The van der Waals surface area contributed by atoms with Crippen LogP contribution in [-0.2, 0) is 0 Å². The number of carbonyl (C=O) groups is 2. The Kier molecular flexibility index (Phi) is 5.27. The number of hydrogen-bond donors (Lipinski definition) is 2. The molecule has 0 aliphatic heterocycles. The normalized spacial score (nSPS) is 11.9. The zero-order chi connectivity index (χ0) is 18.6. The van der Waals surface area contributed by atoms with E-state index in [1.807, 2.05) is 6.07 Å². The van der Waals surface area contributed by atoms with Gasteiger partial charge in [0.25, 0.3) is 0 Å². The standard InChI is InChI=1S/C20H21NO4/c1-20(2,3)21(19(24)25)16-11-9-15(10-12-16)18(23)13-17(22)14-7-5-4-6-8-14/h4-13,22H,1-3H3,(H,24,25). The van der Waals surface area contributed by atoms with Crippen LogP contribution < -0.4 is 4.90 Å². The van der Waals surface area contributed by atoms with E-state index in [2.05, 4.69) is 0 Å². The minimum Gasteiger partial charge on any atom is -0.507 e. The van der Waals surface area contributed by atoms with Gasteiger partial charge in [0, 0.05) is 28.4 Å². The van der Waals surface area contributed by atoms with E-state index < -0.39 is 11.6 Å². The Morgan fingerprint density at radius 2 is 1.44 bits per heavy atom. The lowest BCUT2D eigenvalue weighted by Gasteiger charge is -2.33. The van der Waals surface area contributed by atoms with Gasteiger partial charge in [0.05, 0.1) is 0 Å². The summed E-state index contributed by atoms with van der Waals surface area (Å²) in [6.45, 7) is 5.38. The van der Waals surface area contributed by atoms with E-state index in [1.165, 1.54) is 4.90 Å². The molecule has 0 saturated carbocycles. The summed E-state index contributed by atoms with van der Waals surface area (Å²) in [5.41, 5.74) is 0.790. The van der Waals surface area contributed by atoms with E-state index >= 15 is 0 Å². The maximum atomic E-state index is 12.3. The quantitative estimate of drug-likeness (QED) is 0.478.